The van der Waals surface area contributed by atoms with Crippen LogP contribution in [0, 0.1) is 15.9 Å². The molecule has 2 aromatic carbocycles. The summed E-state index contributed by atoms with van der Waals surface area (Å²) in [5.74, 6) is -1.96. The molecule has 4 rings (SSSR count). The van der Waals surface area contributed by atoms with Crippen molar-refractivity contribution >= 4 is 57.3 Å². The number of amides is 3. The van der Waals surface area contributed by atoms with Crippen LogP contribution in [-0.4, -0.2) is 42.6 Å². The zero-order valence-corrected chi connectivity index (χ0v) is 18.6. The minimum absolute atomic E-state index is 0.0277. The average Bonchev–Trinajstić information content (AvgIpc) is 3.17. The molecule has 0 aliphatic carbocycles. The summed E-state index contributed by atoms with van der Waals surface area (Å²) in [6.45, 7) is -0.590. The lowest BCUT2D eigenvalue weighted by Gasteiger charge is -2.12. The molecule has 0 bridgehead atoms. The largest absolute Gasteiger partial charge is 0.328 e. The van der Waals surface area contributed by atoms with E-state index in [9.17, 15) is 33.7 Å². The van der Waals surface area contributed by atoms with Gasteiger partial charge >= 0.3 is 5.69 Å². The van der Waals surface area contributed by atoms with Crippen LogP contribution in [0.5, 0.6) is 0 Å². The molecule has 2 heterocycles. The molecule has 13 heteroatoms. The molecule has 0 atom stereocenters. The highest BCUT2D eigenvalue weighted by Crippen LogP contribution is 2.35. The van der Waals surface area contributed by atoms with Crippen molar-refractivity contribution in [2.24, 2.45) is 14.1 Å². The van der Waals surface area contributed by atoms with Crippen molar-refractivity contribution in [3.63, 3.8) is 0 Å². The monoisotopic (exact) mass is 485 g/mol. The lowest BCUT2D eigenvalue weighted by molar-refractivity contribution is -0.385. The number of nitrogens with zero attached hydrogens (tertiary/aromatic N) is 4. The van der Waals surface area contributed by atoms with Crippen LogP contribution >= 0.6 is 11.8 Å². The molecule has 3 amide bonds. The third kappa shape index (κ3) is 4.08. The topological polar surface area (TPSA) is 137 Å². The molecule has 1 aromatic heterocycles. The molecule has 1 aliphatic rings. The Hall–Kier alpha value is -4.26. The number of hydrogen-bond acceptors (Lipinski definition) is 7. The number of imidazole rings is 1. The SMILES string of the molecule is Cn1c(=O)n(C)c2cc([N+](=O)[O-])c(/C=C3\SC(=O)N(CC(=O)Nc4ccc(F)cc4)C3=O)cc21. The Bertz CT molecular complexity index is 1470. The number of halogens is 1. The number of aryl methyl sites for hydroxylation is 2. The maximum absolute atomic E-state index is 13.0. The molecular weight excluding hydrogens is 469 g/mol. The highest BCUT2D eigenvalue weighted by atomic mass is 32.2. The van der Waals surface area contributed by atoms with Gasteiger partial charge in [0.1, 0.15) is 12.4 Å². The van der Waals surface area contributed by atoms with Crippen molar-refractivity contribution in [1.82, 2.24) is 14.0 Å². The summed E-state index contributed by atoms with van der Waals surface area (Å²) in [7, 11) is 2.99. The lowest BCUT2D eigenvalue weighted by atomic mass is 10.1. The number of benzene rings is 2. The zero-order chi connectivity index (χ0) is 24.7. The molecule has 0 spiro atoms. The number of carbonyl (C=O) groups excluding carboxylic acids is 3. The number of nitro groups is 1. The van der Waals surface area contributed by atoms with Crippen LogP contribution in [0.15, 0.2) is 46.1 Å². The van der Waals surface area contributed by atoms with Gasteiger partial charge in [0.25, 0.3) is 16.8 Å². The number of anilines is 1. The Morgan fingerprint density at radius 3 is 2.35 bits per heavy atom. The predicted octanol–water partition coefficient (Wildman–Crippen LogP) is 2.60. The molecule has 34 heavy (non-hydrogen) atoms. The van der Waals surface area contributed by atoms with Gasteiger partial charge in [0.05, 0.1) is 26.4 Å². The fraction of sp³-hybridized carbons (Fsp3) is 0.143. The van der Waals surface area contributed by atoms with E-state index in [0.29, 0.717) is 27.7 Å². The molecule has 11 nitrogen and oxygen atoms in total. The summed E-state index contributed by atoms with van der Waals surface area (Å²) in [6.07, 6.45) is 1.19. The number of aromatic nitrogens is 2. The zero-order valence-electron chi connectivity index (χ0n) is 17.8. The van der Waals surface area contributed by atoms with Crippen LogP contribution in [-0.2, 0) is 23.7 Å². The van der Waals surface area contributed by atoms with Gasteiger partial charge in [-0.2, -0.15) is 0 Å². The van der Waals surface area contributed by atoms with Crippen LogP contribution in [0.3, 0.4) is 0 Å². The number of rotatable bonds is 5. The van der Waals surface area contributed by atoms with Crippen LogP contribution in [0.2, 0.25) is 0 Å². The summed E-state index contributed by atoms with van der Waals surface area (Å²) in [6, 6.07) is 7.56. The molecule has 3 aromatic rings. The summed E-state index contributed by atoms with van der Waals surface area (Å²) in [5, 5.41) is 13.4. The van der Waals surface area contributed by atoms with E-state index in [0.717, 1.165) is 12.1 Å². The molecule has 0 saturated carbocycles. The van der Waals surface area contributed by atoms with Gasteiger partial charge in [0.15, 0.2) is 0 Å². The van der Waals surface area contributed by atoms with Gasteiger partial charge < -0.3 is 5.32 Å². The van der Waals surface area contributed by atoms with Crippen molar-refractivity contribution in [2.75, 3.05) is 11.9 Å². The minimum Gasteiger partial charge on any atom is -0.325 e. The van der Waals surface area contributed by atoms with E-state index in [2.05, 4.69) is 5.32 Å². The van der Waals surface area contributed by atoms with E-state index in [1.54, 1.807) is 0 Å². The van der Waals surface area contributed by atoms with E-state index in [1.165, 1.54) is 53.6 Å². The summed E-state index contributed by atoms with van der Waals surface area (Å²) < 4.78 is 15.6. The predicted molar refractivity (Wildman–Crippen MR) is 123 cm³/mol. The van der Waals surface area contributed by atoms with Crippen molar-refractivity contribution in [3.8, 4) is 0 Å². The molecule has 1 aliphatic heterocycles. The highest BCUT2D eigenvalue weighted by molar-refractivity contribution is 8.18. The Morgan fingerprint density at radius 1 is 1.12 bits per heavy atom. The van der Waals surface area contributed by atoms with Gasteiger partial charge in [-0.25, -0.2) is 9.18 Å². The van der Waals surface area contributed by atoms with Gasteiger partial charge in [-0.3, -0.25) is 38.5 Å². The first-order valence-corrected chi connectivity index (χ1v) is 10.5. The molecule has 0 unspecified atom stereocenters. The third-order valence-electron chi connectivity index (χ3n) is 5.21. The molecule has 1 fully saturated rings. The number of thioether (sulfide) groups is 1. The van der Waals surface area contributed by atoms with Crippen molar-refractivity contribution < 1.29 is 23.7 Å². The van der Waals surface area contributed by atoms with Gasteiger partial charge in [-0.05, 0) is 48.2 Å². The molecule has 0 radical (unpaired) electrons. The Morgan fingerprint density at radius 2 is 1.74 bits per heavy atom. The molecule has 1 N–H and O–H groups in total. The number of hydrogen-bond donors (Lipinski definition) is 1. The number of fused-ring (bicyclic) bond motifs is 1. The second-order valence-corrected chi connectivity index (χ2v) is 8.37. The standard InChI is InChI=1S/C21H16FN5O6S/c1-24-15-7-11(14(27(32)33)9-16(15)25(2)20(24)30)8-17-19(29)26(21(31)34-17)10-18(28)23-13-5-3-12(22)4-6-13/h3-9H,10H2,1-2H3,(H,23,28)/b17-8-. The van der Waals surface area contributed by atoms with Crippen LogP contribution in [0.4, 0.5) is 20.6 Å². The summed E-state index contributed by atoms with van der Waals surface area (Å²) in [4.78, 5) is 61.2. The number of imide groups is 1. The highest BCUT2D eigenvalue weighted by Gasteiger charge is 2.37. The van der Waals surface area contributed by atoms with Gasteiger partial charge in [0, 0.05) is 25.8 Å². The Kier molecular flexibility index (Phi) is 5.79. The van der Waals surface area contributed by atoms with E-state index in [-0.39, 0.29) is 27.5 Å². The molecule has 174 valence electrons. The summed E-state index contributed by atoms with van der Waals surface area (Å²) in [5.41, 5.74) is 0.318. The number of carbonyl (C=O) groups is 3. The van der Waals surface area contributed by atoms with E-state index in [4.69, 9.17) is 0 Å². The Balaban J connectivity index is 1.62. The lowest BCUT2D eigenvalue weighted by Crippen LogP contribution is -2.36. The number of nitro benzene ring substituents is 1. The van der Waals surface area contributed by atoms with E-state index in [1.807, 2.05) is 0 Å². The third-order valence-corrected chi connectivity index (χ3v) is 6.11. The fourth-order valence-corrected chi connectivity index (χ4v) is 4.31. The van der Waals surface area contributed by atoms with Crippen LogP contribution < -0.4 is 11.0 Å². The normalized spacial score (nSPS) is 14.9. The second kappa shape index (κ2) is 8.59. The average molecular weight is 485 g/mol. The molecule has 1 saturated heterocycles. The van der Waals surface area contributed by atoms with E-state index < -0.39 is 34.3 Å². The smallest absolute Gasteiger partial charge is 0.325 e. The first-order valence-electron chi connectivity index (χ1n) is 9.71. The molecular formula is C21H16FN5O6S. The van der Waals surface area contributed by atoms with Crippen LogP contribution in [0.25, 0.3) is 17.1 Å². The summed E-state index contributed by atoms with van der Waals surface area (Å²) >= 11 is 0.538. The number of nitrogens with one attached hydrogen (secondary N) is 1. The van der Waals surface area contributed by atoms with Crippen molar-refractivity contribution in [2.45, 2.75) is 0 Å². The minimum atomic E-state index is -0.791. The van der Waals surface area contributed by atoms with Crippen LogP contribution in [0.1, 0.15) is 5.56 Å². The maximum Gasteiger partial charge on any atom is 0.328 e. The fourth-order valence-electron chi connectivity index (χ4n) is 3.48. The maximum atomic E-state index is 13.0. The first-order chi connectivity index (χ1) is 16.1. The van der Waals surface area contributed by atoms with Gasteiger partial charge in [0.2, 0.25) is 5.91 Å². The second-order valence-electron chi connectivity index (χ2n) is 7.38. The first kappa shape index (κ1) is 22.9. The van der Waals surface area contributed by atoms with Gasteiger partial charge in [-0.15, -0.1) is 0 Å². The quantitative estimate of drug-likeness (QED) is 0.333. The van der Waals surface area contributed by atoms with Crippen molar-refractivity contribution in [1.29, 1.82) is 0 Å². The van der Waals surface area contributed by atoms with Crippen molar-refractivity contribution in [3.05, 3.63) is 73.3 Å². The Labute approximate surface area is 194 Å². The van der Waals surface area contributed by atoms with E-state index >= 15 is 0 Å². The van der Waals surface area contributed by atoms with Gasteiger partial charge in [-0.1, -0.05) is 0 Å².